The molecule has 0 aliphatic rings. The summed E-state index contributed by atoms with van der Waals surface area (Å²) in [6.07, 6.45) is 1.15. The Kier molecular flexibility index (Phi) is 7.95. The van der Waals surface area contributed by atoms with E-state index in [1.54, 1.807) is 23.1 Å². The van der Waals surface area contributed by atoms with Gasteiger partial charge in [0.1, 0.15) is 5.75 Å². The number of hydrogen-bond acceptors (Lipinski definition) is 4. The molecule has 0 aromatic heterocycles. The number of nitrogens with zero attached hydrogens (tertiary/aromatic N) is 1. The zero-order valence-corrected chi connectivity index (χ0v) is 17.4. The lowest BCUT2D eigenvalue weighted by molar-refractivity contribution is -0.121. The molecule has 154 valence electrons. The molecular weight excluding hydrogens is 368 g/mol. The Morgan fingerprint density at radius 1 is 1.07 bits per heavy atom. The van der Waals surface area contributed by atoms with Crippen LogP contribution in [0.2, 0.25) is 0 Å². The molecule has 0 unspecified atom stereocenters. The summed E-state index contributed by atoms with van der Waals surface area (Å²) in [5.41, 5.74) is 1.64. The third-order valence-electron chi connectivity index (χ3n) is 4.29. The molecule has 2 rings (SSSR count). The molecule has 0 fully saturated rings. The second-order valence-electron chi connectivity index (χ2n) is 7.05. The summed E-state index contributed by atoms with van der Waals surface area (Å²) in [6, 6.07) is 14.2. The molecule has 2 aromatic carbocycles. The Balaban J connectivity index is 2.15. The Bertz CT molecular complexity index is 862. The van der Waals surface area contributed by atoms with Gasteiger partial charge in [-0.1, -0.05) is 25.1 Å². The second-order valence-corrected chi connectivity index (χ2v) is 7.05. The monoisotopic (exact) mass is 396 g/mol. The predicted molar refractivity (Wildman–Crippen MR) is 115 cm³/mol. The molecule has 1 N–H and O–H groups in total. The van der Waals surface area contributed by atoms with Gasteiger partial charge < -0.3 is 15.0 Å². The van der Waals surface area contributed by atoms with Crippen LogP contribution < -0.4 is 15.0 Å². The van der Waals surface area contributed by atoms with E-state index >= 15 is 0 Å². The molecule has 2 aromatic rings. The first-order valence-electron chi connectivity index (χ1n) is 9.78. The minimum atomic E-state index is -0.207. The largest absolute Gasteiger partial charge is 0.483 e. The molecule has 0 atom stereocenters. The molecule has 0 saturated carbocycles. The van der Waals surface area contributed by atoms with Gasteiger partial charge >= 0.3 is 0 Å². The summed E-state index contributed by atoms with van der Waals surface area (Å²) in [6.45, 7) is 7.00. The Morgan fingerprint density at radius 3 is 2.34 bits per heavy atom. The van der Waals surface area contributed by atoms with E-state index in [1.165, 1.54) is 6.92 Å². The number of ether oxygens (including phenoxy) is 1. The van der Waals surface area contributed by atoms with Crippen LogP contribution in [0, 0.1) is 0 Å². The van der Waals surface area contributed by atoms with Gasteiger partial charge in [0.25, 0.3) is 5.91 Å². The second kappa shape index (κ2) is 10.4. The molecule has 6 heteroatoms. The van der Waals surface area contributed by atoms with Crippen molar-refractivity contribution in [3.05, 3.63) is 54.1 Å². The van der Waals surface area contributed by atoms with Gasteiger partial charge in [0.15, 0.2) is 12.4 Å². The molecule has 6 nitrogen and oxygen atoms in total. The average Bonchev–Trinajstić information content (AvgIpc) is 2.67. The molecule has 0 heterocycles. The molecule has 29 heavy (non-hydrogen) atoms. The first kappa shape index (κ1) is 22.1. The van der Waals surface area contributed by atoms with Crippen molar-refractivity contribution in [3.63, 3.8) is 0 Å². The van der Waals surface area contributed by atoms with E-state index in [0.717, 1.165) is 12.1 Å². The number of hydrogen-bond donors (Lipinski definition) is 1. The Hall–Kier alpha value is -3.15. The van der Waals surface area contributed by atoms with Gasteiger partial charge in [0.2, 0.25) is 5.91 Å². The van der Waals surface area contributed by atoms with Crippen molar-refractivity contribution in [3.8, 4) is 5.75 Å². The summed E-state index contributed by atoms with van der Waals surface area (Å²) < 4.78 is 5.70. The van der Waals surface area contributed by atoms with Crippen LogP contribution in [0.5, 0.6) is 5.75 Å². The summed E-state index contributed by atoms with van der Waals surface area (Å²) in [4.78, 5) is 38.3. The molecule has 0 aliphatic heterocycles. The number of carbonyl (C=O) groups excluding carboxylic acids is 3. The highest BCUT2D eigenvalue weighted by Crippen LogP contribution is 2.24. The zero-order chi connectivity index (χ0) is 21.4. The summed E-state index contributed by atoms with van der Waals surface area (Å²) in [5.74, 6) is -0.207. The Morgan fingerprint density at radius 2 is 1.76 bits per heavy atom. The van der Waals surface area contributed by atoms with Gasteiger partial charge in [-0.2, -0.15) is 0 Å². The van der Waals surface area contributed by atoms with Crippen LogP contribution in [0.25, 0.3) is 0 Å². The fourth-order valence-electron chi connectivity index (χ4n) is 2.99. The van der Waals surface area contributed by atoms with Crippen molar-refractivity contribution in [1.82, 2.24) is 0 Å². The highest BCUT2D eigenvalue weighted by atomic mass is 16.5. The fourth-order valence-corrected chi connectivity index (χ4v) is 2.99. The number of Topliss-reactive ketones (excluding diaryl/α,β-unsaturated/α-hetero) is 1. The first-order valence-corrected chi connectivity index (χ1v) is 9.78. The summed E-state index contributed by atoms with van der Waals surface area (Å²) >= 11 is 0. The zero-order valence-electron chi connectivity index (χ0n) is 17.4. The topological polar surface area (TPSA) is 75.7 Å². The van der Waals surface area contributed by atoms with E-state index in [-0.39, 0.29) is 30.2 Å². The van der Waals surface area contributed by atoms with E-state index < -0.39 is 0 Å². The van der Waals surface area contributed by atoms with E-state index in [9.17, 15) is 14.4 Å². The molecule has 0 spiro atoms. The maximum atomic E-state index is 12.8. The van der Waals surface area contributed by atoms with Gasteiger partial charge in [0.05, 0.1) is 5.56 Å². The number of carbonyl (C=O) groups is 3. The quantitative estimate of drug-likeness (QED) is 0.636. The van der Waals surface area contributed by atoms with Crippen molar-refractivity contribution in [2.75, 3.05) is 16.8 Å². The lowest BCUT2D eigenvalue weighted by atomic mass is 10.1. The lowest BCUT2D eigenvalue weighted by Gasteiger charge is -2.27. The van der Waals surface area contributed by atoms with Crippen LogP contribution >= 0.6 is 0 Å². The van der Waals surface area contributed by atoms with Crippen LogP contribution in [0.15, 0.2) is 48.5 Å². The van der Waals surface area contributed by atoms with Crippen molar-refractivity contribution < 1.29 is 19.1 Å². The first-order chi connectivity index (χ1) is 13.8. The third-order valence-corrected chi connectivity index (χ3v) is 4.29. The summed E-state index contributed by atoms with van der Waals surface area (Å²) in [7, 11) is 0. The molecule has 0 bridgehead atoms. The lowest BCUT2D eigenvalue weighted by Crippen LogP contribution is -2.40. The smallest absolute Gasteiger partial charge is 0.265 e. The van der Waals surface area contributed by atoms with E-state index in [2.05, 4.69) is 5.32 Å². The average molecular weight is 396 g/mol. The van der Waals surface area contributed by atoms with Crippen molar-refractivity contribution in [2.45, 2.75) is 46.6 Å². The molecule has 0 radical (unpaired) electrons. The minimum absolute atomic E-state index is 0.0445. The van der Waals surface area contributed by atoms with Gasteiger partial charge in [-0.05, 0) is 57.5 Å². The van der Waals surface area contributed by atoms with Crippen LogP contribution in [0.1, 0.15) is 50.9 Å². The number of amides is 2. The van der Waals surface area contributed by atoms with Crippen LogP contribution in [-0.4, -0.2) is 30.2 Å². The summed E-state index contributed by atoms with van der Waals surface area (Å²) in [5, 5.41) is 2.76. The maximum absolute atomic E-state index is 12.8. The molecule has 0 aliphatic carbocycles. The van der Waals surface area contributed by atoms with Crippen LogP contribution in [-0.2, 0) is 9.59 Å². The van der Waals surface area contributed by atoms with Crippen LogP contribution in [0.3, 0.4) is 0 Å². The standard InChI is InChI=1S/C23H28N2O4/c1-5-9-22(27)24-18-12-13-21(20(14-18)17(4)26)29-15-23(28)25(16(2)3)19-10-7-6-8-11-19/h6-8,10-14,16H,5,9,15H2,1-4H3,(H,24,27). The predicted octanol–water partition coefficient (Wildman–Crippen LogP) is 4.45. The Labute approximate surface area is 171 Å². The van der Waals surface area contributed by atoms with Gasteiger partial charge in [-0.3, -0.25) is 14.4 Å². The SMILES string of the molecule is CCCC(=O)Nc1ccc(OCC(=O)N(c2ccccc2)C(C)C)c(C(C)=O)c1. The van der Waals surface area contributed by atoms with Crippen molar-refractivity contribution >= 4 is 29.0 Å². The van der Waals surface area contributed by atoms with E-state index in [1.807, 2.05) is 51.1 Å². The highest BCUT2D eigenvalue weighted by molar-refractivity contribution is 6.00. The van der Waals surface area contributed by atoms with E-state index in [0.29, 0.717) is 23.4 Å². The number of ketones is 1. The fraction of sp³-hybridized carbons (Fsp3) is 0.348. The third kappa shape index (κ3) is 6.17. The number of benzene rings is 2. The number of para-hydroxylation sites is 1. The van der Waals surface area contributed by atoms with Crippen LogP contribution in [0.4, 0.5) is 11.4 Å². The number of anilines is 2. The highest BCUT2D eigenvalue weighted by Gasteiger charge is 2.20. The van der Waals surface area contributed by atoms with E-state index in [4.69, 9.17) is 4.74 Å². The number of nitrogens with one attached hydrogen (secondary N) is 1. The van der Waals surface area contributed by atoms with Gasteiger partial charge in [-0.15, -0.1) is 0 Å². The van der Waals surface area contributed by atoms with Crippen molar-refractivity contribution in [2.24, 2.45) is 0 Å². The minimum Gasteiger partial charge on any atom is -0.483 e. The maximum Gasteiger partial charge on any atom is 0.265 e. The van der Waals surface area contributed by atoms with Gasteiger partial charge in [-0.25, -0.2) is 0 Å². The number of rotatable bonds is 9. The normalized spacial score (nSPS) is 10.5. The molecular formula is C23H28N2O4. The van der Waals surface area contributed by atoms with Crippen molar-refractivity contribution in [1.29, 1.82) is 0 Å². The molecule has 0 saturated heterocycles. The molecule has 2 amide bonds. The van der Waals surface area contributed by atoms with Gasteiger partial charge in [0, 0.05) is 23.8 Å².